The lowest BCUT2D eigenvalue weighted by atomic mass is 9.74. The molecule has 0 unspecified atom stereocenters. The van der Waals surface area contributed by atoms with Gasteiger partial charge in [-0.2, -0.15) is 0 Å². The van der Waals surface area contributed by atoms with Crippen molar-refractivity contribution in [3.63, 3.8) is 0 Å². The summed E-state index contributed by atoms with van der Waals surface area (Å²) in [5.41, 5.74) is 0.0856. The van der Waals surface area contributed by atoms with Gasteiger partial charge in [0.25, 0.3) is 0 Å². The third-order valence-electron chi connectivity index (χ3n) is 5.50. The number of alkyl halides is 2. The fraction of sp³-hybridized carbons (Fsp3) is 0.500. The number of carbonyl (C=O) groups excluding carboxylic acids is 3. The van der Waals surface area contributed by atoms with Crippen LogP contribution in [0.1, 0.15) is 62.9 Å². The Morgan fingerprint density at radius 2 is 1.61 bits per heavy atom. The first kappa shape index (κ1) is 29.8. The first-order valence-electron chi connectivity index (χ1n) is 11.3. The number of allylic oxidation sites excluding steroid dienone is 3. The molecule has 0 amide bonds. The van der Waals surface area contributed by atoms with E-state index in [0.29, 0.717) is 6.42 Å². The number of fused-ring (bicyclic) bond motifs is 1. The third kappa shape index (κ3) is 6.68. The number of ether oxygens (including phenoxy) is 5. The summed E-state index contributed by atoms with van der Waals surface area (Å²) in [6.07, 6.45) is 5.29. The van der Waals surface area contributed by atoms with E-state index in [1.54, 1.807) is 6.08 Å². The van der Waals surface area contributed by atoms with Crippen molar-refractivity contribution in [1.29, 1.82) is 0 Å². The molecule has 0 saturated heterocycles. The Bertz CT molecular complexity index is 1060. The first-order valence-corrected chi connectivity index (χ1v) is 12.0. The van der Waals surface area contributed by atoms with Crippen LogP contribution in [-0.2, 0) is 29.4 Å². The van der Waals surface area contributed by atoms with Crippen LogP contribution in [-0.4, -0.2) is 49.7 Å². The fourth-order valence-electron chi connectivity index (χ4n) is 3.83. The van der Waals surface area contributed by atoms with E-state index in [-0.39, 0.29) is 42.6 Å². The van der Waals surface area contributed by atoms with Crippen LogP contribution in [0.3, 0.4) is 0 Å². The minimum atomic E-state index is -2.52. The summed E-state index contributed by atoms with van der Waals surface area (Å²) in [6, 6.07) is 2.86. The van der Waals surface area contributed by atoms with Gasteiger partial charge in [-0.25, -0.2) is 0 Å². The summed E-state index contributed by atoms with van der Waals surface area (Å²) in [5, 5.41) is 0. The molecule has 1 aromatic rings. The van der Waals surface area contributed by atoms with Crippen molar-refractivity contribution in [3.05, 3.63) is 46.6 Å². The second-order valence-corrected chi connectivity index (χ2v) is 10.0. The van der Waals surface area contributed by atoms with E-state index >= 15 is 0 Å². The maximum atomic E-state index is 13.7. The number of benzene rings is 1. The third-order valence-corrected chi connectivity index (χ3v) is 6.18. The highest BCUT2D eigenvalue weighted by atomic mass is 35.5. The Morgan fingerprint density at radius 3 is 2.19 bits per heavy atom. The molecule has 0 aromatic heterocycles. The van der Waals surface area contributed by atoms with Crippen molar-refractivity contribution in [2.75, 3.05) is 27.8 Å². The van der Waals surface area contributed by atoms with Gasteiger partial charge in [-0.3, -0.25) is 14.4 Å². The predicted molar refractivity (Wildman–Crippen MR) is 136 cm³/mol. The molecule has 36 heavy (non-hydrogen) atoms. The molecule has 198 valence electrons. The second-order valence-electron chi connectivity index (χ2n) is 8.67. The molecule has 0 N–H and O–H groups in total. The molecule has 0 saturated carbocycles. The standard InChI is InChI=1S/C26H32Cl2O8/c1-16(2)8-7-9-17(3)10-11-25(36-18(4)29)20-12-19(34-14-32-5)13-21(35-15-33-6)22(20)23(30)26(27,28)24(25)31/h8,10,12-13H,7,9,11,14-15H2,1-6H3/b17-10+/t25-/m0/s1. The molecular formula is C26H32Cl2O8. The zero-order valence-corrected chi connectivity index (χ0v) is 22.9. The van der Waals surface area contributed by atoms with Crippen LogP contribution in [0.5, 0.6) is 11.5 Å². The molecular weight excluding hydrogens is 511 g/mol. The highest BCUT2D eigenvalue weighted by Gasteiger charge is 2.62. The summed E-state index contributed by atoms with van der Waals surface area (Å²) in [6.45, 7) is 6.74. The van der Waals surface area contributed by atoms with Gasteiger partial charge in [0.2, 0.25) is 21.5 Å². The monoisotopic (exact) mass is 542 g/mol. The highest BCUT2D eigenvalue weighted by Crippen LogP contribution is 2.51. The van der Waals surface area contributed by atoms with Crippen LogP contribution >= 0.6 is 23.2 Å². The maximum Gasteiger partial charge on any atom is 0.303 e. The second kappa shape index (κ2) is 12.7. The SMILES string of the molecule is COCOc1cc(OCOC)c2c(c1)[C@](C/C=C(\C)CCC=C(C)C)(OC(C)=O)C(=O)C(Cl)(Cl)C2=O. The molecule has 1 aliphatic carbocycles. The summed E-state index contributed by atoms with van der Waals surface area (Å²) < 4.78 is 24.3. The molecule has 1 aromatic carbocycles. The molecule has 0 aliphatic heterocycles. The highest BCUT2D eigenvalue weighted by molar-refractivity contribution is 6.70. The summed E-state index contributed by atoms with van der Waals surface area (Å²) >= 11 is 12.7. The van der Waals surface area contributed by atoms with Gasteiger partial charge in [0, 0.05) is 39.2 Å². The van der Waals surface area contributed by atoms with Crippen molar-refractivity contribution < 1.29 is 38.1 Å². The zero-order valence-electron chi connectivity index (χ0n) is 21.4. The van der Waals surface area contributed by atoms with Gasteiger partial charge >= 0.3 is 5.97 Å². The zero-order chi connectivity index (χ0) is 27.1. The minimum absolute atomic E-state index is 0.00409. The van der Waals surface area contributed by atoms with E-state index in [1.165, 1.54) is 31.9 Å². The number of halogens is 2. The maximum absolute atomic E-state index is 13.7. The van der Waals surface area contributed by atoms with Gasteiger partial charge in [-0.1, -0.05) is 46.5 Å². The number of ketones is 2. The van der Waals surface area contributed by atoms with Crippen molar-refractivity contribution in [3.8, 4) is 11.5 Å². The molecule has 0 spiro atoms. The van der Waals surface area contributed by atoms with E-state index in [2.05, 4.69) is 6.08 Å². The molecule has 0 radical (unpaired) electrons. The molecule has 1 aliphatic rings. The summed E-state index contributed by atoms with van der Waals surface area (Å²) in [4.78, 5) is 39.3. The predicted octanol–water partition coefficient (Wildman–Crippen LogP) is 5.43. The van der Waals surface area contributed by atoms with Crippen molar-refractivity contribution in [2.45, 2.75) is 56.9 Å². The van der Waals surface area contributed by atoms with Crippen molar-refractivity contribution in [1.82, 2.24) is 0 Å². The van der Waals surface area contributed by atoms with Crippen LogP contribution in [0.4, 0.5) is 0 Å². The molecule has 0 heterocycles. The Balaban J connectivity index is 2.77. The molecule has 2 rings (SSSR count). The molecule has 0 bridgehead atoms. The minimum Gasteiger partial charge on any atom is -0.467 e. The Hall–Kier alpha value is -2.39. The fourth-order valence-corrected chi connectivity index (χ4v) is 4.32. The van der Waals surface area contributed by atoms with Crippen molar-refractivity contribution in [2.24, 2.45) is 0 Å². The number of hydrogen-bond donors (Lipinski definition) is 0. The number of hydrogen-bond acceptors (Lipinski definition) is 8. The number of methoxy groups -OCH3 is 2. The topological polar surface area (TPSA) is 97.4 Å². The molecule has 1 atom stereocenters. The van der Waals surface area contributed by atoms with Gasteiger partial charge in [0.1, 0.15) is 11.5 Å². The average molecular weight is 543 g/mol. The number of Topliss-reactive ketones (excluding diaryl/α,β-unsaturated/α-hetero) is 2. The molecule has 10 heteroatoms. The summed E-state index contributed by atoms with van der Waals surface area (Å²) in [5.74, 6) is -2.42. The van der Waals surface area contributed by atoms with Gasteiger partial charge in [-0.05, 0) is 39.7 Å². The first-order chi connectivity index (χ1) is 16.9. The van der Waals surface area contributed by atoms with E-state index in [9.17, 15) is 14.4 Å². The molecule has 0 fully saturated rings. The van der Waals surface area contributed by atoms with Crippen molar-refractivity contribution >= 4 is 40.7 Å². The Morgan fingerprint density at radius 1 is 0.972 bits per heavy atom. The van der Waals surface area contributed by atoms with Crippen LogP contribution < -0.4 is 9.47 Å². The van der Waals surface area contributed by atoms with Crippen LogP contribution in [0.25, 0.3) is 0 Å². The van der Waals surface area contributed by atoms with Gasteiger partial charge < -0.3 is 23.7 Å². The van der Waals surface area contributed by atoms with Crippen LogP contribution in [0.15, 0.2) is 35.4 Å². The Kier molecular flexibility index (Phi) is 10.5. The van der Waals surface area contributed by atoms with E-state index in [1.807, 2.05) is 20.8 Å². The quantitative estimate of drug-likeness (QED) is 0.113. The number of carbonyl (C=O) groups is 3. The van der Waals surface area contributed by atoms with E-state index < -0.39 is 27.5 Å². The van der Waals surface area contributed by atoms with Crippen LogP contribution in [0, 0.1) is 0 Å². The lowest BCUT2D eigenvalue weighted by Gasteiger charge is -2.40. The Labute approximate surface area is 221 Å². The number of rotatable bonds is 12. The van der Waals surface area contributed by atoms with Gasteiger partial charge in [-0.15, -0.1) is 0 Å². The average Bonchev–Trinajstić information content (AvgIpc) is 2.81. The lowest BCUT2D eigenvalue weighted by molar-refractivity contribution is -0.167. The summed E-state index contributed by atoms with van der Waals surface area (Å²) in [7, 11) is 2.84. The van der Waals surface area contributed by atoms with Gasteiger partial charge in [0.15, 0.2) is 13.6 Å². The smallest absolute Gasteiger partial charge is 0.303 e. The largest absolute Gasteiger partial charge is 0.467 e. The number of esters is 1. The van der Waals surface area contributed by atoms with E-state index in [4.69, 9.17) is 46.9 Å². The van der Waals surface area contributed by atoms with Crippen LogP contribution in [0.2, 0.25) is 0 Å². The van der Waals surface area contributed by atoms with E-state index in [0.717, 1.165) is 18.9 Å². The molecule has 8 nitrogen and oxygen atoms in total. The normalized spacial score (nSPS) is 18.9. The van der Waals surface area contributed by atoms with Gasteiger partial charge in [0.05, 0.1) is 5.56 Å². The lowest BCUT2D eigenvalue weighted by Crippen LogP contribution is -2.56.